The van der Waals surface area contributed by atoms with Gasteiger partial charge in [0, 0.05) is 19.5 Å². The Bertz CT molecular complexity index is 1210. The standard InChI is InChI=1S/C26H28N4O5/c1-16(25(32)33)11-12-27-24(31)21-13-29-30(2)23(21)14-28-26(34)35-15-22-19-9-5-3-7-17(19)18-8-4-6-10-20(18)22/h3-10,13,16,22H,11-12,14-15H2,1-2H3,(H,27,31)(H,28,34)(H,32,33). The molecule has 9 heteroatoms. The zero-order valence-electron chi connectivity index (χ0n) is 19.7. The maximum atomic E-state index is 12.6. The van der Waals surface area contributed by atoms with E-state index in [9.17, 15) is 14.4 Å². The molecule has 0 radical (unpaired) electrons. The number of carboxylic acid groups (broad SMARTS) is 1. The Hall–Kier alpha value is -4.14. The van der Waals surface area contributed by atoms with Gasteiger partial charge in [0.1, 0.15) is 6.61 Å². The highest BCUT2D eigenvalue weighted by atomic mass is 16.5. The minimum atomic E-state index is -0.909. The van der Waals surface area contributed by atoms with Crippen LogP contribution in [0.2, 0.25) is 0 Å². The van der Waals surface area contributed by atoms with Crippen molar-refractivity contribution in [2.24, 2.45) is 13.0 Å². The topological polar surface area (TPSA) is 123 Å². The van der Waals surface area contributed by atoms with E-state index in [-0.39, 0.29) is 31.5 Å². The molecule has 1 atom stereocenters. The van der Waals surface area contributed by atoms with Gasteiger partial charge in [-0.05, 0) is 28.7 Å². The highest BCUT2D eigenvalue weighted by molar-refractivity contribution is 5.95. The monoisotopic (exact) mass is 476 g/mol. The summed E-state index contributed by atoms with van der Waals surface area (Å²) in [6.07, 6.45) is 1.15. The Balaban J connectivity index is 1.33. The molecule has 1 aromatic heterocycles. The Morgan fingerprint density at radius 1 is 1.06 bits per heavy atom. The summed E-state index contributed by atoms with van der Waals surface area (Å²) in [4.78, 5) is 36.0. The molecule has 2 aromatic carbocycles. The van der Waals surface area contributed by atoms with E-state index in [0.717, 1.165) is 22.3 Å². The number of carbonyl (C=O) groups excluding carboxylic acids is 2. The number of carbonyl (C=O) groups is 3. The van der Waals surface area contributed by atoms with Gasteiger partial charge in [0.15, 0.2) is 0 Å². The number of benzene rings is 2. The molecule has 1 aliphatic carbocycles. The lowest BCUT2D eigenvalue weighted by Gasteiger charge is -2.15. The van der Waals surface area contributed by atoms with Crippen LogP contribution in [0.1, 0.15) is 46.4 Å². The van der Waals surface area contributed by atoms with E-state index >= 15 is 0 Å². The Morgan fingerprint density at radius 2 is 1.69 bits per heavy atom. The molecule has 1 heterocycles. The number of hydrogen-bond acceptors (Lipinski definition) is 5. The lowest BCUT2D eigenvalue weighted by atomic mass is 9.98. The molecule has 4 rings (SSSR count). The average molecular weight is 477 g/mol. The van der Waals surface area contributed by atoms with Gasteiger partial charge in [0.25, 0.3) is 5.91 Å². The fourth-order valence-corrected chi connectivity index (χ4v) is 4.29. The van der Waals surface area contributed by atoms with Gasteiger partial charge in [-0.25, -0.2) is 4.79 Å². The van der Waals surface area contributed by atoms with E-state index in [4.69, 9.17) is 9.84 Å². The first kappa shape index (κ1) is 24.0. The predicted octanol–water partition coefficient (Wildman–Crippen LogP) is 3.30. The van der Waals surface area contributed by atoms with Gasteiger partial charge in [-0.15, -0.1) is 0 Å². The molecule has 2 amide bonds. The molecule has 1 unspecified atom stereocenters. The molecule has 0 spiro atoms. The number of amides is 2. The molecule has 3 N–H and O–H groups in total. The fraction of sp³-hybridized carbons (Fsp3) is 0.308. The lowest BCUT2D eigenvalue weighted by molar-refractivity contribution is -0.141. The number of ether oxygens (including phenoxy) is 1. The molecule has 0 saturated heterocycles. The van der Waals surface area contributed by atoms with Crippen LogP contribution in [0.15, 0.2) is 54.7 Å². The number of carboxylic acids is 1. The van der Waals surface area contributed by atoms with Crippen molar-refractivity contribution in [3.63, 3.8) is 0 Å². The lowest BCUT2D eigenvalue weighted by Crippen LogP contribution is -2.30. The third-order valence-electron chi connectivity index (χ3n) is 6.33. The Morgan fingerprint density at radius 3 is 2.31 bits per heavy atom. The van der Waals surface area contributed by atoms with Crippen LogP contribution in [0.25, 0.3) is 11.1 Å². The smallest absolute Gasteiger partial charge is 0.407 e. The predicted molar refractivity (Wildman–Crippen MR) is 129 cm³/mol. The number of aromatic nitrogens is 2. The number of fused-ring (bicyclic) bond motifs is 3. The molecule has 35 heavy (non-hydrogen) atoms. The normalized spacial score (nSPS) is 13.0. The summed E-state index contributed by atoms with van der Waals surface area (Å²) in [6, 6.07) is 16.2. The number of nitrogens with one attached hydrogen (secondary N) is 2. The summed E-state index contributed by atoms with van der Waals surface area (Å²) < 4.78 is 7.07. The number of aliphatic carboxylic acids is 1. The quantitative estimate of drug-likeness (QED) is 0.436. The van der Waals surface area contributed by atoms with Crippen molar-refractivity contribution in [3.05, 3.63) is 77.1 Å². The highest BCUT2D eigenvalue weighted by Gasteiger charge is 2.29. The average Bonchev–Trinajstić information content (AvgIpc) is 3.38. The number of nitrogens with zero attached hydrogens (tertiary/aromatic N) is 2. The molecular formula is C26H28N4O5. The maximum Gasteiger partial charge on any atom is 0.407 e. The first-order valence-electron chi connectivity index (χ1n) is 11.5. The van der Waals surface area contributed by atoms with Crippen LogP contribution in [0.5, 0.6) is 0 Å². The van der Waals surface area contributed by atoms with Gasteiger partial charge in [0.2, 0.25) is 0 Å². The van der Waals surface area contributed by atoms with Crippen LogP contribution >= 0.6 is 0 Å². The first-order valence-corrected chi connectivity index (χ1v) is 11.5. The van der Waals surface area contributed by atoms with Crippen LogP contribution in [0.4, 0.5) is 4.79 Å². The summed E-state index contributed by atoms with van der Waals surface area (Å²) in [5.41, 5.74) is 5.39. The summed E-state index contributed by atoms with van der Waals surface area (Å²) in [5, 5.41) is 18.5. The summed E-state index contributed by atoms with van der Waals surface area (Å²) in [5.74, 6) is -1.88. The number of alkyl carbamates (subject to hydrolysis) is 1. The zero-order chi connectivity index (χ0) is 24.9. The Labute approximate surface area is 203 Å². The van der Waals surface area contributed by atoms with Gasteiger partial charge in [-0.1, -0.05) is 55.5 Å². The van der Waals surface area contributed by atoms with Crippen LogP contribution < -0.4 is 10.6 Å². The minimum Gasteiger partial charge on any atom is -0.481 e. The molecule has 3 aromatic rings. The van der Waals surface area contributed by atoms with E-state index in [1.165, 1.54) is 10.9 Å². The van der Waals surface area contributed by atoms with Crippen molar-refractivity contribution in [1.29, 1.82) is 0 Å². The molecule has 1 aliphatic rings. The number of rotatable bonds is 9. The summed E-state index contributed by atoms with van der Waals surface area (Å²) >= 11 is 0. The summed E-state index contributed by atoms with van der Waals surface area (Å²) in [7, 11) is 1.68. The second-order valence-corrected chi connectivity index (χ2v) is 8.59. The minimum absolute atomic E-state index is 0.0422. The maximum absolute atomic E-state index is 12.6. The van der Waals surface area contributed by atoms with Crippen molar-refractivity contribution in [3.8, 4) is 11.1 Å². The van der Waals surface area contributed by atoms with E-state index in [0.29, 0.717) is 17.7 Å². The molecule has 9 nitrogen and oxygen atoms in total. The number of aryl methyl sites for hydroxylation is 1. The van der Waals surface area contributed by atoms with Crippen LogP contribution in [0, 0.1) is 5.92 Å². The molecule has 0 saturated carbocycles. The van der Waals surface area contributed by atoms with Gasteiger partial charge >= 0.3 is 12.1 Å². The van der Waals surface area contributed by atoms with Crippen LogP contribution in [-0.4, -0.2) is 46.0 Å². The zero-order valence-corrected chi connectivity index (χ0v) is 19.7. The van der Waals surface area contributed by atoms with Crippen molar-refractivity contribution < 1.29 is 24.2 Å². The fourth-order valence-electron chi connectivity index (χ4n) is 4.29. The van der Waals surface area contributed by atoms with Crippen molar-refractivity contribution in [1.82, 2.24) is 20.4 Å². The molecular weight excluding hydrogens is 448 g/mol. The van der Waals surface area contributed by atoms with Gasteiger partial charge < -0.3 is 20.5 Å². The van der Waals surface area contributed by atoms with E-state index in [1.54, 1.807) is 14.0 Å². The van der Waals surface area contributed by atoms with Crippen molar-refractivity contribution in [2.45, 2.75) is 25.8 Å². The van der Waals surface area contributed by atoms with E-state index in [1.807, 2.05) is 24.3 Å². The Kier molecular flexibility index (Phi) is 7.14. The second kappa shape index (κ2) is 10.4. The molecule has 0 bridgehead atoms. The highest BCUT2D eigenvalue weighted by Crippen LogP contribution is 2.44. The van der Waals surface area contributed by atoms with Gasteiger partial charge in [0.05, 0.1) is 29.9 Å². The van der Waals surface area contributed by atoms with Crippen LogP contribution in [0.3, 0.4) is 0 Å². The van der Waals surface area contributed by atoms with Crippen molar-refractivity contribution in [2.75, 3.05) is 13.2 Å². The first-order chi connectivity index (χ1) is 16.9. The SMILES string of the molecule is CC(CCNC(=O)c1cnn(C)c1CNC(=O)OCC1c2ccccc2-c2ccccc21)C(=O)O. The van der Waals surface area contributed by atoms with E-state index in [2.05, 4.69) is 40.0 Å². The van der Waals surface area contributed by atoms with E-state index < -0.39 is 18.0 Å². The van der Waals surface area contributed by atoms with Crippen molar-refractivity contribution >= 4 is 18.0 Å². The second-order valence-electron chi connectivity index (χ2n) is 8.59. The number of hydrogen-bond donors (Lipinski definition) is 3. The summed E-state index contributed by atoms with van der Waals surface area (Å²) in [6.45, 7) is 2.06. The third-order valence-corrected chi connectivity index (χ3v) is 6.33. The largest absolute Gasteiger partial charge is 0.481 e. The molecule has 0 aliphatic heterocycles. The van der Waals surface area contributed by atoms with Gasteiger partial charge in [-0.2, -0.15) is 5.10 Å². The van der Waals surface area contributed by atoms with Crippen LogP contribution in [-0.2, 0) is 23.1 Å². The molecule has 182 valence electrons. The van der Waals surface area contributed by atoms with Gasteiger partial charge in [-0.3, -0.25) is 14.3 Å². The molecule has 0 fully saturated rings. The third kappa shape index (κ3) is 5.18.